The van der Waals surface area contributed by atoms with E-state index in [9.17, 15) is 14.7 Å². The number of aryl methyl sites for hydroxylation is 2. The number of aromatic nitrogens is 5. The summed E-state index contributed by atoms with van der Waals surface area (Å²) in [7, 11) is 3.12. The molecule has 1 N–H and O–H groups in total. The second-order valence-electron chi connectivity index (χ2n) is 8.29. The lowest BCUT2D eigenvalue weighted by Crippen LogP contribution is -2.48. The number of anilines is 1. The monoisotopic (exact) mass is 485 g/mol. The van der Waals surface area contributed by atoms with Crippen LogP contribution in [0.5, 0.6) is 0 Å². The smallest absolute Gasteiger partial charge is 0.332 e. The first-order valence-corrected chi connectivity index (χ1v) is 12.2. The fraction of sp³-hybridized carbons (Fsp3) is 0.455. The van der Waals surface area contributed by atoms with Crippen LogP contribution >= 0.6 is 11.8 Å². The van der Waals surface area contributed by atoms with Crippen LogP contribution in [0.1, 0.15) is 0 Å². The summed E-state index contributed by atoms with van der Waals surface area (Å²) in [6.45, 7) is 4.28. The van der Waals surface area contributed by atoms with Gasteiger partial charge in [0.25, 0.3) is 10.8 Å². The maximum absolute atomic E-state index is 13.1. The van der Waals surface area contributed by atoms with Crippen molar-refractivity contribution in [3.8, 4) is 0 Å². The number of aliphatic hydroxyl groups excluding tert-OH is 1. The number of thioether (sulfide) groups is 1. The first-order valence-electron chi connectivity index (χ1n) is 11.2. The molecule has 1 aliphatic rings. The van der Waals surface area contributed by atoms with E-state index in [0.717, 1.165) is 41.8 Å². The number of hydrogen-bond acceptors (Lipinski definition) is 9. The highest BCUT2D eigenvalue weighted by molar-refractivity contribution is 7.99. The summed E-state index contributed by atoms with van der Waals surface area (Å²) in [6.07, 6.45) is 0. The Morgan fingerprint density at radius 1 is 1.03 bits per heavy atom. The molecular formula is C22H27N7O4S. The lowest BCUT2D eigenvalue weighted by atomic mass is 10.3. The molecule has 4 heterocycles. The Balaban J connectivity index is 1.47. The van der Waals surface area contributed by atoms with Crippen molar-refractivity contribution in [3.63, 3.8) is 0 Å². The molecule has 0 amide bonds. The zero-order chi connectivity index (χ0) is 23.8. The van der Waals surface area contributed by atoms with E-state index < -0.39 is 5.69 Å². The summed E-state index contributed by atoms with van der Waals surface area (Å²) in [5.41, 5.74) is 1.58. The Morgan fingerprint density at radius 2 is 1.79 bits per heavy atom. The number of oxazole rings is 1. The molecule has 1 saturated heterocycles. The molecule has 180 valence electrons. The first kappa shape index (κ1) is 22.7. The normalized spacial score (nSPS) is 15.1. The Bertz CT molecular complexity index is 1410. The molecule has 0 aliphatic carbocycles. The number of piperazine rings is 1. The highest BCUT2D eigenvalue weighted by Gasteiger charge is 2.25. The largest absolute Gasteiger partial charge is 0.431 e. The fourth-order valence-corrected chi connectivity index (χ4v) is 5.10. The van der Waals surface area contributed by atoms with Crippen molar-refractivity contribution in [2.75, 3.05) is 50.0 Å². The van der Waals surface area contributed by atoms with Crippen molar-refractivity contribution in [1.82, 2.24) is 28.6 Å². The van der Waals surface area contributed by atoms with E-state index in [-0.39, 0.29) is 12.2 Å². The molecule has 1 aliphatic heterocycles. The number of para-hydroxylation sites is 2. The van der Waals surface area contributed by atoms with Crippen LogP contribution in [0.15, 0.2) is 43.5 Å². The van der Waals surface area contributed by atoms with Crippen molar-refractivity contribution >= 4 is 40.0 Å². The summed E-state index contributed by atoms with van der Waals surface area (Å²) < 4.78 is 10.3. The van der Waals surface area contributed by atoms with Gasteiger partial charge in [-0.15, -0.1) is 0 Å². The molecule has 4 aromatic rings. The molecule has 5 rings (SSSR count). The molecule has 3 aromatic heterocycles. The minimum absolute atomic E-state index is 0.129. The third-order valence-corrected chi connectivity index (χ3v) is 7.02. The van der Waals surface area contributed by atoms with Gasteiger partial charge in [-0.1, -0.05) is 23.9 Å². The highest BCUT2D eigenvalue weighted by atomic mass is 32.2. The lowest BCUT2D eigenvalue weighted by Gasteiger charge is -2.35. The Labute approximate surface area is 199 Å². The number of β-amino-alcohol motifs (C(OH)–C–C–N with tert-alkyl or cyclic N) is 1. The highest BCUT2D eigenvalue weighted by Crippen LogP contribution is 2.26. The molecule has 0 unspecified atom stereocenters. The molecule has 0 radical (unpaired) electrons. The second kappa shape index (κ2) is 9.28. The van der Waals surface area contributed by atoms with E-state index in [1.165, 1.54) is 23.4 Å². The van der Waals surface area contributed by atoms with E-state index in [1.807, 2.05) is 28.8 Å². The predicted molar refractivity (Wildman–Crippen MR) is 131 cm³/mol. The van der Waals surface area contributed by atoms with Gasteiger partial charge in [-0.25, -0.2) is 9.78 Å². The molecule has 1 fully saturated rings. The van der Waals surface area contributed by atoms with Gasteiger partial charge in [0, 0.05) is 59.1 Å². The van der Waals surface area contributed by atoms with Crippen LogP contribution in [0, 0.1) is 0 Å². The van der Waals surface area contributed by atoms with E-state index in [0.29, 0.717) is 41.2 Å². The van der Waals surface area contributed by atoms with E-state index in [4.69, 9.17) is 9.40 Å². The van der Waals surface area contributed by atoms with E-state index >= 15 is 0 Å². The molecule has 0 spiro atoms. The molecule has 34 heavy (non-hydrogen) atoms. The number of rotatable bonds is 7. The molecule has 12 heteroatoms. The van der Waals surface area contributed by atoms with Gasteiger partial charge in [0.05, 0.1) is 6.61 Å². The van der Waals surface area contributed by atoms with Crippen molar-refractivity contribution < 1.29 is 9.52 Å². The van der Waals surface area contributed by atoms with Gasteiger partial charge in [0.1, 0.15) is 5.52 Å². The number of aliphatic hydroxyl groups is 1. The third-order valence-electron chi connectivity index (χ3n) is 6.21. The van der Waals surface area contributed by atoms with Crippen LogP contribution in [0.3, 0.4) is 0 Å². The standard InChI is InChI=1S/C22H27N7O4S/c1-25-18-17(19(31)26(2)22(25)32)29(20(24-18)28-9-7-27(8-10-28)11-13-30)12-14-34-21-23-15-5-3-4-6-16(15)33-21/h3-6,30H,7-14H2,1-2H3. The van der Waals surface area contributed by atoms with Gasteiger partial charge in [-0.3, -0.25) is 18.8 Å². The SMILES string of the molecule is Cn1c(=O)c2c(nc(N3CCN(CCO)CC3)n2CCSc2nc3ccccc3o2)n(C)c1=O. The number of imidazole rings is 1. The number of nitrogens with zero attached hydrogens (tertiary/aromatic N) is 7. The molecular weight excluding hydrogens is 458 g/mol. The zero-order valence-corrected chi connectivity index (χ0v) is 20.0. The van der Waals surface area contributed by atoms with Crippen LogP contribution in [0.4, 0.5) is 5.95 Å². The van der Waals surface area contributed by atoms with Gasteiger partial charge in [-0.05, 0) is 12.1 Å². The topological polar surface area (TPSA) is 115 Å². The quantitative estimate of drug-likeness (QED) is 0.373. The Hall–Kier alpha value is -3.09. The van der Waals surface area contributed by atoms with Crippen molar-refractivity contribution in [2.45, 2.75) is 11.8 Å². The Kier molecular flexibility index (Phi) is 6.19. The maximum Gasteiger partial charge on any atom is 0.332 e. The van der Waals surface area contributed by atoms with Gasteiger partial charge < -0.3 is 19.0 Å². The average molecular weight is 486 g/mol. The van der Waals surface area contributed by atoms with Gasteiger partial charge >= 0.3 is 5.69 Å². The van der Waals surface area contributed by atoms with Gasteiger partial charge in [-0.2, -0.15) is 4.98 Å². The van der Waals surface area contributed by atoms with Crippen LogP contribution in [0.25, 0.3) is 22.3 Å². The summed E-state index contributed by atoms with van der Waals surface area (Å²) in [6, 6.07) is 7.62. The molecule has 11 nitrogen and oxygen atoms in total. The molecule has 0 saturated carbocycles. The third kappa shape index (κ3) is 4.01. The van der Waals surface area contributed by atoms with Gasteiger partial charge in [0.2, 0.25) is 5.95 Å². The minimum atomic E-state index is -0.401. The van der Waals surface area contributed by atoms with Crippen LogP contribution in [-0.4, -0.2) is 78.8 Å². The zero-order valence-electron chi connectivity index (χ0n) is 19.2. The van der Waals surface area contributed by atoms with Crippen LogP contribution < -0.4 is 16.1 Å². The molecule has 1 aromatic carbocycles. The summed E-state index contributed by atoms with van der Waals surface area (Å²) in [4.78, 5) is 39.2. The van der Waals surface area contributed by atoms with Crippen LogP contribution in [-0.2, 0) is 20.6 Å². The van der Waals surface area contributed by atoms with Crippen molar-refractivity contribution in [3.05, 3.63) is 45.1 Å². The fourth-order valence-electron chi connectivity index (χ4n) is 4.34. The summed E-state index contributed by atoms with van der Waals surface area (Å²) in [5.74, 6) is 1.29. The van der Waals surface area contributed by atoms with Crippen molar-refractivity contribution in [2.24, 2.45) is 14.1 Å². The van der Waals surface area contributed by atoms with E-state index in [2.05, 4.69) is 14.8 Å². The minimum Gasteiger partial charge on any atom is -0.431 e. The second-order valence-corrected chi connectivity index (χ2v) is 9.34. The number of fused-ring (bicyclic) bond motifs is 2. The lowest BCUT2D eigenvalue weighted by molar-refractivity contribution is 0.188. The van der Waals surface area contributed by atoms with Crippen LogP contribution in [0.2, 0.25) is 0 Å². The number of benzene rings is 1. The first-order chi connectivity index (χ1) is 16.5. The van der Waals surface area contributed by atoms with Crippen molar-refractivity contribution in [1.29, 1.82) is 0 Å². The molecule has 0 atom stereocenters. The van der Waals surface area contributed by atoms with Gasteiger partial charge in [0.15, 0.2) is 16.7 Å². The predicted octanol–water partition coefficient (Wildman–Crippen LogP) is 0.482. The molecule has 0 bridgehead atoms. The number of hydrogen-bond donors (Lipinski definition) is 1. The van der Waals surface area contributed by atoms with E-state index in [1.54, 1.807) is 7.05 Å². The average Bonchev–Trinajstić information content (AvgIpc) is 3.44. The summed E-state index contributed by atoms with van der Waals surface area (Å²) in [5, 5.41) is 9.81. The maximum atomic E-state index is 13.1. The summed E-state index contributed by atoms with van der Waals surface area (Å²) >= 11 is 1.47. The Morgan fingerprint density at radius 3 is 2.53 bits per heavy atom.